The fourth-order valence-electron chi connectivity index (χ4n) is 5.05. The Labute approximate surface area is 191 Å². The topological polar surface area (TPSA) is 85.2 Å². The van der Waals surface area contributed by atoms with Crippen molar-refractivity contribution in [1.29, 1.82) is 0 Å². The molecule has 0 radical (unpaired) electrons. The molecule has 0 aliphatic carbocycles. The molecular formula is C25H29N5O3. The number of hydrogen-bond acceptors (Lipinski definition) is 4. The number of methoxy groups -OCH3 is 1. The summed E-state index contributed by atoms with van der Waals surface area (Å²) in [6.07, 6.45) is 2.19. The lowest BCUT2D eigenvalue weighted by Crippen LogP contribution is -2.39. The van der Waals surface area contributed by atoms with Crippen molar-refractivity contribution in [3.05, 3.63) is 46.2 Å². The van der Waals surface area contributed by atoms with Crippen LogP contribution in [0.1, 0.15) is 37.0 Å². The number of likely N-dealkylation sites (tertiary alicyclic amines) is 1. The van der Waals surface area contributed by atoms with Crippen molar-refractivity contribution in [2.45, 2.75) is 33.2 Å². The largest absolute Gasteiger partial charge is 0.494 e. The van der Waals surface area contributed by atoms with Crippen LogP contribution < -0.4 is 10.3 Å². The number of nitrogens with zero attached hydrogens (tertiary/aromatic N) is 4. The lowest BCUT2D eigenvalue weighted by molar-refractivity contribution is 0.0683. The maximum Gasteiger partial charge on any atom is 0.254 e. The number of carbonyl (C=O) groups excluding carboxylic acids is 1. The third kappa shape index (κ3) is 3.50. The second-order valence-electron chi connectivity index (χ2n) is 8.94. The molecule has 3 aromatic heterocycles. The van der Waals surface area contributed by atoms with Gasteiger partial charge in [0.2, 0.25) is 5.56 Å². The number of imidazole rings is 1. The standard InChI is InChI=1S/C25H29N5O3/c1-5-30-19(12-16-8-9-21(31)27-23(16)30)24-26-18-11-17(13-20(33-4)22(18)28(24)3)25(32)29-10-6-7-15(2)14-29/h8-9,11-13,15H,5-7,10,14H2,1-4H3,(H,27,31)/t15-/m1/s1. The van der Waals surface area contributed by atoms with Gasteiger partial charge in [-0.25, -0.2) is 4.98 Å². The van der Waals surface area contributed by atoms with Crippen LogP contribution in [0, 0.1) is 5.92 Å². The van der Waals surface area contributed by atoms with Crippen LogP contribution in [0.2, 0.25) is 0 Å². The van der Waals surface area contributed by atoms with E-state index in [9.17, 15) is 9.59 Å². The Morgan fingerprint density at radius 2 is 2.09 bits per heavy atom. The number of piperidine rings is 1. The van der Waals surface area contributed by atoms with E-state index < -0.39 is 0 Å². The number of rotatable bonds is 4. The van der Waals surface area contributed by atoms with Crippen LogP contribution in [-0.4, -0.2) is 50.1 Å². The molecule has 0 saturated carbocycles. The van der Waals surface area contributed by atoms with Gasteiger partial charge in [0.05, 0.1) is 18.3 Å². The molecule has 1 aliphatic rings. The van der Waals surface area contributed by atoms with Crippen LogP contribution in [0.25, 0.3) is 33.6 Å². The molecule has 33 heavy (non-hydrogen) atoms. The number of ether oxygens (including phenoxy) is 1. The van der Waals surface area contributed by atoms with Crippen molar-refractivity contribution in [2.24, 2.45) is 13.0 Å². The predicted molar refractivity (Wildman–Crippen MR) is 129 cm³/mol. The van der Waals surface area contributed by atoms with Gasteiger partial charge in [0, 0.05) is 43.7 Å². The monoisotopic (exact) mass is 447 g/mol. The first-order valence-electron chi connectivity index (χ1n) is 11.5. The molecule has 5 rings (SSSR count). The molecule has 0 spiro atoms. The molecule has 4 aromatic rings. The molecule has 0 bridgehead atoms. The van der Waals surface area contributed by atoms with Gasteiger partial charge < -0.3 is 23.8 Å². The van der Waals surface area contributed by atoms with Gasteiger partial charge in [-0.3, -0.25) is 9.59 Å². The van der Waals surface area contributed by atoms with Gasteiger partial charge >= 0.3 is 0 Å². The minimum atomic E-state index is -0.135. The highest BCUT2D eigenvalue weighted by molar-refractivity contribution is 6.00. The lowest BCUT2D eigenvalue weighted by atomic mass is 9.99. The molecule has 1 saturated heterocycles. The van der Waals surface area contributed by atoms with E-state index in [1.807, 2.05) is 52.3 Å². The van der Waals surface area contributed by atoms with Crippen LogP contribution in [0.4, 0.5) is 0 Å². The zero-order valence-electron chi connectivity index (χ0n) is 19.5. The van der Waals surface area contributed by atoms with E-state index in [-0.39, 0.29) is 11.5 Å². The first kappa shape index (κ1) is 21.3. The summed E-state index contributed by atoms with van der Waals surface area (Å²) in [6.45, 7) is 6.46. The Kier molecular flexibility index (Phi) is 5.23. The molecular weight excluding hydrogens is 418 g/mol. The number of nitrogens with one attached hydrogen (secondary N) is 1. The van der Waals surface area contributed by atoms with Gasteiger partial charge in [-0.15, -0.1) is 0 Å². The third-order valence-electron chi connectivity index (χ3n) is 6.67. The van der Waals surface area contributed by atoms with Crippen LogP contribution >= 0.6 is 0 Å². The van der Waals surface area contributed by atoms with Crippen molar-refractivity contribution in [1.82, 2.24) is 24.0 Å². The molecule has 1 amide bonds. The van der Waals surface area contributed by atoms with E-state index in [1.54, 1.807) is 7.11 Å². The molecule has 4 heterocycles. The molecule has 8 nitrogen and oxygen atoms in total. The summed E-state index contributed by atoms with van der Waals surface area (Å²) in [4.78, 5) is 35.0. The lowest BCUT2D eigenvalue weighted by Gasteiger charge is -2.31. The van der Waals surface area contributed by atoms with Crippen molar-refractivity contribution < 1.29 is 9.53 Å². The van der Waals surface area contributed by atoms with Crippen molar-refractivity contribution in [2.75, 3.05) is 20.2 Å². The van der Waals surface area contributed by atoms with Crippen LogP contribution in [0.3, 0.4) is 0 Å². The SMILES string of the molecule is CCn1c(-c2nc3cc(C(=O)N4CCC[C@@H](C)C4)cc(OC)c3n2C)cc2ccc(=O)[nH]c21. The van der Waals surface area contributed by atoms with Crippen LogP contribution in [0.15, 0.2) is 35.1 Å². The summed E-state index contributed by atoms with van der Waals surface area (Å²) < 4.78 is 9.74. The molecule has 1 N–H and O–H groups in total. The van der Waals surface area contributed by atoms with Gasteiger partial charge in [-0.2, -0.15) is 0 Å². The predicted octanol–water partition coefficient (Wildman–Crippen LogP) is 3.78. The van der Waals surface area contributed by atoms with E-state index in [0.29, 0.717) is 29.3 Å². The van der Waals surface area contributed by atoms with E-state index >= 15 is 0 Å². The number of fused-ring (bicyclic) bond motifs is 2. The van der Waals surface area contributed by atoms with Crippen molar-refractivity contribution in [3.8, 4) is 17.3 Å². The second kappa shape index (κ2) is 8.10. The summed E-state index contributed by atoms with van der Waals surface area (Å²) >= 11 is 0. The fraction of sp³-hybridized carbons (Fsp3) is 0.400. The minimum Gasteiger partial charge on any atom is -0.494 e. The zero-order valence-corrected chi connectivity index (χ0v) is 19.5. The number of H-pyrrole nitrogens is 1. The maximum atomic E-state index is 13.3. The van der Waals surface area contributed by atoms with Gasteiger partial charge in [-0.05, 0) is 49.9 Å². The normalized spacial score (nSPS) is 16.6. The van der Waals surface area contributed by atoms with Crippen LogP contribution in [-0.2, 0) is 13.6 Å². The minimum absolute atomic E-state index is 0.0224. The highest BCUT2D eigenvalue weighted by Crippen LogP contribution is 2.34. The number of aromatic amines is 1. The molecule has 8 heteroatoms. The second-order valence-corrected chi connectivity index (χ2v) is 8.94. The van der Waals surface area contributed by atoms with Crippen molar-refractivity contribution in [3.63, 3.8) is 0 Å². The Morgan fingerprint density at radius 1 is 1.27 bits per heavy atom. The number of pyridine rings is 1. The number of amides is 1. The molecule has 172 valence electrons. The highest BCUT2D eigenvalue weighted by Gasteiger charge is 2.25. The number of benzene rings is 1. The number of carbonyl (C=O) groups is 1. The molecule has 1 fully saturated rings. The Bertz CT molecular complexity index is 1430. The van der Waals surface area contributed by atoms with E-state index in [4.69, 9.17) is 9.72 Å². The Balaban J connectivity index is 1.66. The fourth-order valence-corrected chi connectivity index (χ4v) is 5.05. The first-order chi connectivity index (χ1) is 15.9. The van der Waals surface area contributed by atoms with Gasteiger partial charge in [0.25, 0.3) is 5.91 Å². The van der Waals surface area contributed by atoms with E-state index in [0.717, 1.165) is 54.0 Å². The number of hydrogen-bond donors (Lipinski definition) is 1. The zero-order chi connectivity index (χ0) is 23.3. The van der Waals surface area contributed by atoms with E-state index in [1.165, 1.54) is 6.07 Å². The number of aromatic nitrogens is 4. The summed E-state index contributed by atoms with van der Waals surface area (Å²) in [5.74, 6) is 1.90. The Morgan fingerprint density at radius 3 is 2.82 bits per heavy atom. The van der Waals surface area contributed by atoms with Crippen molar-refractivity contribution >= 4 is 28.0 Å². The third-order valence-corrected chi connectivity index (χ3v) is 6.67. The quantitative estimate of drug-likeness (QED) is 0.516. The van der Waals surface area contributed by atoms with Gasteiger partial charge in [0.15, 0.2) is 5.82 Å². The van der Waals surface area contributed by atoms with Gasteiger partial charge in [0.1, 0.15) is 16.9 Å². The average molecular weight is 448 g/mol. The summed E-state index contributed by atoms with van der Waals surface area (Å²) in [5.41, 5.74) is 3.67. The molecule has 1 atom stereocenters. The van der Waals surface area contributed by atoms with E-state index in [2.05, 4.69) is 11.9 Å². The summed E-state index contributed by atoms with van der Waals surface area (Å²) in [5, 5.41) is 0.945. The summed E-state index contributed by atoms with van der Waals surface area (Å²) in [7, 11) is 3.56. The van der Waals surface area contributed by atoms with Gasteiger partial charge in [-0.1, -0.05) is 6.92 Å². The molecule has 1 aliphatic heterocycles. The number of aryl methyl sites for hydroxylation is 2. The summed E-state index contributed by atoms with van der Waals surface area (Å²) in [6, 6.07) is 9.07. The Hall–Kier alpha value is -3.55. The highest BCUT2D eigenvalue weighted by atomic mass is 16.5. The average Bonchev–Trinajstić information content (AvgIpc) is 3.34. The van der Waals surface area contributed by atoms with Crippen LogP contribution in [0.5, 0.6) is 5.75 Å². The molecule has 1 aromatic carbocycles. The maximum absolute atomic E-state index is 13.3. The smallest absolute Gasteiger partial charge is 0.254 e. The first-order valence-corrected chi connectivity index (χ1v) is 11.5. The molecule has 0 unspecified atom stereocenters.